The lowest BCUT2D eigenvalue weighted by Gasteiger charge is -2.20. The van der Waals surface area contributed by atoms with Crippen molar-refractivity contribution in [3.8, 4) is 0 Å². The summed E-state index contributed by atoms with van der Waals surface area (Å²) < 4.78 is 20.7. The van der Waals surface area contributed by atoms with Crippen molar-refractivity contribution in [2.24, 2.45) is 11.1 Å². The van der Waals surface area contributed by atoms with Crippen molar-refractivity contribution >= 4 is 12.0 Å². The summed E-state index contributed by atoms with van der Waals surface area (Å²) in [5.41, 5.74) is 4.83. The minimum atomic E-state index is -0.979. The Labute approximate surface area is 134 Å². The molecular weight excluding hydrogens is 303 g/mol. The highest BCUT2D eigenvalue weighted by atomic mass is 19.1. The number of hydrogen-bond acceptors (Lipinski definition) is 4. The van der Waals surface area contributed by atoms with Gasteiger partial charge in [-0.1, -0.05) is 20.8 Å². The monoisotopic (exact) mass is 326 g/mol. The highest BCUT2D eigenvalue weighted by Crippen LogP contribution is 2.30. The smallest absolute Gasteiger partial charge is 0.404 e. The number of halogens is 1. The maximum atomic E-state index is 14.5. The highest BCUT2D eigenvalue weighted by Gasteiger charge is 2.23. The Morgan fingerprint density at radius 1 is 1.39 bits per heavy atom. The topological polar surface area (TPSA) is 90.4 Å². The van der Waals surface area contributed by atoms with Crippen molar-refractivity contribution in [1.29, 1.82) is 0 Å². The number of amides is 2. The van der Waals surface area contributed by atoms with Gasteiger partial charge in [-0.05, 0) is 0 Å². The molecule has 0 aliphatic carbocycles. The van der Waals surface area contributed by atoms with Gasteiger partial charge in [-0.2, -0.15) is 5.10 Å². The lowest BCUT2D eigenvalue weighted by Crippen LogP contribution is -2.21. The van der Waals surface area contributed by atoms with Crippen LogP contribution in [0.1, 0.15) is 31.1 Å². The number of carbonyl (C=O) groups excluding carboxylic acids is 2. The van der Waals surface area contributed by atoms with E-state index in [1.54, 1.807) is 34.9 Å². The normalized spacial score (nSPS) is 12.6. The van der Waals surface area contributed by atoms with Gasteiger partial charge in [0.1, 0.15) is 12.4 Å². The van der Waals surface area contributed by atoms with Gasteiger partial charge in [-0.3, -0.25) is 9.48 Å². The molecule has 0 atom stereocenters. The molecule has 0 aromatic carbocycles. The third-order valence-corrected chi connectivity index (χ3v) is 3.00. The van der Waals surface area contributed by atoms with Gasteiger partial charge >= 0.3 is 6.09 Å². The maximum absolute atomic E-state index is 14.5. The van der Waals surface area contributed by atoms with E-state index in [-0.39, 0.29) is 24.6 Å². The van der Waals surface area contributed by atoms with Crippen LogP contribution in [0.2, 0.25) is 0 Å². The Hall–Kier alpha value is -2.38. The van der Waals surface area contributed by atoms with Crippen molar-refractivity contribution in [2.45, 2.75) is 27.3 Å². The molecule has 1 heterocycles. The summed E-state index contributed by atoms with van der Waals surface area (Å²) >= 11 is 0. The van der Waals surface area contributed by atoms with Crippen LogP contribution in [-0.4, -0.2) is 47.4 Å². The molecule has 0 unspecified atom stereocenters. The SMILES string of the molecule is CN(C)C(=O)c1cnn(CC(COC(N)=O)=C(F)C(C)(C)C)c1. The first-order valence-corrected chi connectivity index (χ1v) is 7.06. The standard InChI is InChI=1S/C15H23FN4O3/c1-15(2,3)12(16)11(9-23-14(17)22)8-20-7-10(6-18-20)13(21)19(4)5/h6-7H,8-9H2,1-5H3,(H2,17,22). The first-order valence-electron chi connectivity index (χ1n) is 7.06. The molecule has 1 rings (SSSR count). The van der Waals surface area contributed by atoms with Gasteiger partial charge < -0.3 is 15.4 Å². The lowest BCUT2D eigenvalue weighted by atomic mass is 9.92. The van der Waals surface area contributed by atoms with E-state index in [1.165, 1.54) is 22.0 Å². The number of allylic oxidation sites excluding steroid dienone is 1. The van der Waals surface area contributed by atoms with Crippen LogP contribution in [-0.2, 0) is 11.3 Å². The van der Waals surface area contributed by atoms with Crippen LogP contribution >= 0.6 is 0 Å². The molecule has 8 heteroatoms. The van der Waals surface area contributed by atoms with Crippen molar-refractivity contribution in [1.82, 2.24) is 14.7 Å². The second-order valence-electron chi connectivity index (χ2n) is 6.40. The second kappa shape index (κ2) is 7.26. The van der Waals surface area contributed by atoms with Crippen molar-refractivity contribution in [2.75, 3.05) is 20.7 Å². The first kappa shape index (κ1) is 18.7. The molecule has 0 aliphatic rings. The average Bonchev–Trinajstić information content (AvgIpc) is 2.88. The predicted octanol–water partition coefficient (Wildman–Crippen LogP) is 1.95. The molecule has 7 nitrogen and oxygen atoms in total. The summed E-state index contributed by atoms with van der Waals surface area (Å²) in [5.74, 6) is -0.610. The van der Waals surface area contributed by atoms with E-state index < -0.39 is 17.3 Å². The van der Waals surface area contributed by atoms with Gasteiger partial charge in [0.25, 0.3) is 5.91 Å². The summed E-state index contributed by atoms with van der Waals surface area (Å²) in [4.78, 5) is 24.1. The number of hydrogen-bond donors (Lipinski definition) is 1. The van der Waals surface area contributed by atoms with Crippen LogP contribution in [0.3, 0.4) is 0 Å². The molecule has 0 bridgehead atoms. The largest absolute Gasteiger partial charge is 0.445 e. The van der Waals surface area contributed by atoms with Crippen LogP contribution in [0.25, 0.3) is 0 Å². The van der Waals surface area contributed by atoms with Crippen LogP contribution in [0, 0.1) is 5.41 Å². The first-order chi connectivity index (χ1) is 10.5. The summed E-state index contributed by atoms with van der Waals surface area (Å²) in [6.45, 7) is 4.90. The Bertz CT molecular complexity index is 614. The number of nitrogens with zero attached hydrogens (tertiary/aromatic N) is 3. The fraction of sp³-hybridized carbons (Fsp3) is 0.533. The fourth-order valence-corrected chi connectivity index (χ4v) is 1.88. The third-order valence-electron chi connectivity index (χ3n) is 3.00. The molecule has 0 aliphatic heterocycles. The molecule has 2 N–H and O–H groups in total. The van der Waals surface area contributed by atoms with E-state index >= 15 is 0 Å². The number of rotatable bonds is 5. The lowest BCUT2D eigenvalue weighted by molar-refractivity contribution is 0.0827. The number of carbonyl (C=O) groups is 2. The van der Waals surface area contributed by atoms with Gasteiger partial charge in [0.15, 0.2) is 0 Å². The maximum Gasteiger partial charge on any atom is 0.404 e. The molecule has 1 aromatic rings. The van der Waals surface area contributed by atoms with Crippen LogP contribution in [0.4, 0.5) is 9.18 Å². The zero-order valence-corrected chi connectivity index (χ0v) is 14.1. The Morgan fingerprint density at radius 2 is 2.00 bits per heavy atom. The molecular formula is C15H23FN4O3. The van der Waals surface area contributed by atoms with Crippen LogP contribution in [0.15, 0.2) is 23.8 Å². The van der Waals surface area contributed by atoms with E-state index in [9.17, 15) is 14.0 Å². The van der Waals surface area contributed by atoms with Crippen LogP contribution < -0.4 is 5.73 Å². The van der Waals surface area contributed by atoms with E-state index in [0.717, 1.165) is 0 Å². The minimum Gasteiger partial charge on any atom is -0.445 e. The average molecular weight is 326 g/mol. The van der Waals surface area contributed by atoms with Gasteiger partial charge in [0.05, 0.1) is 18.3 Å². The van der Waals surface area contributed by atoms with E-state index in [1.807, 2.05) is 0 Å². The number of ether oxygens (including phenoxy) is 1. The van der Waals surface area contributed by atoms with E-state index in [0.29, 0.717) is 5.56 Å². The van der Waals surface area contributed by atoms with Crippen molar-refractivity contribution < 1.29 is 18.7 Å². The quantitative estimate of drug-likeness (QED) is 0.895. The zero-order valence-electron chi connectivity index (χ0n) is 14.1. The number of primary amides is 1. The Kier molecular flexibility index (Phi) is 5.89. The molecule has 23 heavy (non-hydrogen) atoms. The van der Waals surface area contributed by atoms with E-state index in [4.69, 9.17) is 10.5 Å². The third kappa shape index (κ3) is 5.39. The van der Waals surface area contributed by atoms with Crippen molar-refractivity contribution in [3.63, 3.8) is 0 Å². The Morgan fingerprint density at radius 3 is 2.48 bits per heavy atom. The molecule has 0 spiro atoms. The number of nitrogens with two attached hydrogens (primary N) is 1. The summed E-state index contributed by atoms with van der Waals surface area (Å²) in [6, 6.07) is 0. The fourth-order valence-electron chi connectivity index (χ4n) is 1.88. The molecule has 128 valence electrons. The van der Waals surface area contributed by atoms with Gasteiger partial charge in [-0.25, -0.2) is 9.18 Å². The predicted molar refractivity (Wildman–Crippen MR) is 83.4 cm³/mol. The summed E-state index contributed by atoms with van der Waals surface area (Å²) in [7, 11) is 3.26. The van der Waals surface area contributed by atoms with E-state index in [2.05, 4.69) is 5.10 Å². The van der Waals surface area contributed by atoms with Gasteiger partial charge in [0.2, 0.25) is 0 Å². The van der Waals surface area contributed by atoms with Gasteiger partial charge in [0, 0.05) is 31.3 Å². The molecule has 2 amide bonds. The summed E-state index contributed by atoms with van der Waals surface area (Å²) in [5, 5.41) is 4.05. The summed E-state index contributed by atoms with van der Waals surface area (Å²) in [6.07, 6.45) is 1.94. The molecule has 1 aromatic heterocycles. The molecule has 0 radical (unpaired) electrons. The van der Waals surface area contributed by atoms with Crippen molar-refractivity contribution in [3.05, 3.63) is 29.4 Å². The molecule has 0 fully saturated rings. The second-order valence-corrected chi connectivity index (χ2v) is 6.40. The minimum absolute atomic E-state index is 0.0527. The van der Waals surface area contributed by atoms with Gasteiger partial charge in [-0.15, -0.1) is 0 Å². The number of aromatic nitrogens is 2. The molecule has 0 saturated heterocycles. The zero-order chi connectivity index (χ0) is 17.8. The Balaban J connectivity index is 3.02. The highest BCUT2D eigenvalue weighted by molar-refractivity contribution is 5.93. The van der Waals surface area contributed by atoms with Crippen LogP contribution in [0.5, 0.6) is 0 Å². The molecule has 0 saturated carbocycles.